The Morgan fingerprint density at radius 3 is 2.63 bits per heavy atom. The van der Waals surface area contributed by atoms with E-state index in [-0.39, 0.29) is 5.69 Å². The van der Waals surface area contributed by atoms with E-state index >= 15 is 0 Å². The second-order valence-electron chi connectivity index (χ2n) is 3.91. The van der Waals surface area contributed by atoms with Gasteiger partial charge in [-0.15, -0.1) is 0 Å². The SMILES string of the molecule is N=Cc1cc(-c2cc(Br)ccc2[N+](=O)[O-])ccc1N. The van der Waals surface area contributed by atoms with Crippen LogP contribution < -0.4 is 5.73 Å². The van der Waals surface area contributed by atoms with Gasteiger partial charge in [0.15, 0.2) is 0 Å². The molecule has 3 N–H and O–H groups in total. The molecule has 0 aromatic heterocycles. The average Bonchev–Trinajstić information content (AvgIpc) is 2.38. The Hall–Kier alpha value is -2.21. The van der Waals surface area contributed by atoms with Gasteiger partial charge in [0.2, 0.25) is 0 Å². The molecule has 0 radical (unpaired) electrons. The third kappa shape index (κ3) is 2.63. The Balaban J connectivity index is 2.67. The van der Waals surface area contributed by atoms with Gasteiger partial charge < -0.3 is 11.1 Å². The largest absolute Gasteiger partial charge is 0.398 e. The van der Waals surface area contributed by atoms with Gasteiger partial charge in [0, 0.05) is 28.0 Å². The Bertz CT molecular complexity index is 671. The first-order valence-corrected chi connectivity index (χ1v) is 6.16. The topological polar surface area (TPSA) is 93.0 Å². The Morgan fingerprint density at radius 1 is 1.26 bits per heavy atom. The molecule has 0 amide bonds. The van der Waals surface area contributed by atoms with Crippen molar-refractivity contribution >= 4 is 33.5 Å². The first kappa shape index (κ1) is 13.2. The molecule has 0 saturated carbocycles. The minimum absolute atomic E-state index is 0.0175. The number of hydrogen-bond acceptors (Lipinski definition) is 4. The van der Waals surface area contributed by atoms with E-state index in [2.05, 4.69) is 15.9 Å². The van der Waals surface area contributed by atoms with Crippen LogP contribution in [0.4, 0.5) is 11.4 Å². The maximum atomic E-state index is 11.0. The van der Waals surface area contributed by atoms with Crippen LogP contribution in [0, 0.1) is 15.5 Å². The minimum atomic E-state index is -0.428. The van der Waals surface area contributed by atoms with Gasteiger partial charge in [-0.05, 0) is 29.8 Å². The quantitative estimate of drug-likeness (QED) is 0.391. The molecule has 0 heterocycles. The third-order valence-electron chi connectivity index (χ3n) is 2.71. The van der Waals surface area contributed by atoms with E-state index in [9.17, 15) is 10.1 Å². The van der Waals surface area contributed by atoms with Gasteiger partial charge in [-0.1, -0.05) is 22.0 Å². The number of halogens is 1. The predicted octanol–water partition coefficient (Wildman–Crippen LogP) is 3.60. The van der Waals surface area contributed by atoms with E-state index in [1.165, 1.54) is 6.07 Å². The zero-order chi connectivity index (χ0) is 14.0. The van der Waals surface area contributed by atoms with Crippen molar-refractivity contribution in [1.29, 1.82) is 5.41 Å². The van der Waals surface area contributed by atoms with Crippen LogP contribution >= 0.6 is 15.9 Å². The number of nitro groups is 1. The van der Waals surface area contributed by atoms with Crippen molar-refractivity contribution in [1.82, 2.24) is 0 Å². The van der Waals surface area contributed by atoms with E-state index in [4.69, 9.17) is 11.1 Å². The molecule has 0 aliphatic carbocycles. The fourth-order valence-electron chi connectivity index (χ4n) is 1.77. The van der Waals surface area contributed by atoms with Crippen LogP contribution in [0.3, 0.4) is 0 Å². The number of hydrogen-bond donors (Lipinski definition) is 2. The fraction of sp³-hybridized carbons (Fsp3) is 0. The molecule has 96 valence electrons. The molecule has 6 heteroatoms. The van der Waals surface area contributed by atoms with E-state index < -0.39 is 4.92 Å². The van der Waals surface area contributed by atoms with Crippen molar-refractivity contribution in [2.75, 3.05) is 5.73 Å². The lowest BCUT2D eigenvalue weighted by molar-refractivity contribution is -0.384. The van der Waals surface area contributed by atoms with E-state index in [0.717, 1.165) is 10.7 Å². The monoisotopic (exact) mass is 319 g/mol. The van der Waals surface area contributed by atoms with Gasteiger partial charge in [-0.3, -0.25) is 10.1 Å². The lowest BCUT2D eigenvalue weighted by atomic mass is 10.0. The lowest BCUT2D eigenvalue weighted by Gasteiger charge is -2.07. The van der Waals surface area contributed by atoms with Crippen LogP contribution in [-0.4, -0.2) is 11.1 Å². The zero-order valence-electron chi connectivity index (χ0n) is 9.76. The average molecular weight is 320 g/mol. The normalized spacial score (nSPS) is 10.2. The Kier molecular flexibility index (Phi) is 3.62. The molecular formula is C13H10BrN3O2. The maximum absolute atomic E-state index is 11.0. The van der Waals surface area contributed by atoms with Crippen LogP contribution in [0.2, 0.25) is 0 Å². The molecule has 19 heavy (non-hydrogen) atoms. The molecule has 0 aliphatic rings. The van der Waals surface area contributed by atoms with Crippen LogP contribution in [0.25, 0.3) is 11.1 Å². The highest BCUT2D eigenvalue weighted by molar-refractivity contribution is 9.10. The van der Waals surface area contributed by atoms with Gasteiger partial charge in [-0.25, -0.2) is 0 Å². The van der Waals surface area contributed by atoms with Crippen molar-refractivity contribution < 1.29 is 4.92 Å². The smallest absolute Gasteiger partial charge is 0.277 e. The number of nitrogen functional groups attached to an aromatic ring is 1. The third-order valence-corrected chi connectivity index (χ3v) is 3.20. The second kappa shape index (κ2) is 5.19. The molecule has 0 aliphatic heterocycles. The van der Waals surface area contributed by atoms with Crippen LogP contribution in [0.1, 0.15) is 5.56 Å². The number of benzene rings is 2. The number of nitrogens with two attached hydrogens (primary N) is 1. The molecule has 2 rings (SSSR count). The molecule has 2 aromatic carbocycles. The zero-order valence-corrected chi connectivity index (χ0v) is 11.3. The summed E-state index contributed by atoms with van der Waals surface area (Å²) in [5.41, 5.74) is 7.87. The lowest BCUT2D eigenvalue weighted by Crippen LogP contribution is -1.95. The molecule has 0 saturated heterocycles. The van der Waals surface area contributed by atoms with Crippen molar-refractivity contribution in [3.05, 3.63) is 56.5 Å². The second-order valence-corrected chi connectivity index (χ2v) is 4.82. The molecule has 0 spiro atoms. The molecule has 2 aromatic rings. The molecular weight excluding hydrogens is 310 g/mol. The number of nitro benzene ring substituents is 1. The summed E-state index contributed by atoms with van der Waals surface area (Å²) in [6, 6.07) is 9.75. The highest BCUT2D eigenvalue weighted by Crippen LogP contribution is 2.33. The fourth-order valence-corrected chi connectivity index (χ4v) is 2.13. The summed E-state index contributed by atoms with van der Waals surface area (Å²) in [7, 11) is 0. The van der Waals surface area contributed by atoms with Gasteiger partial charge >= 0.3 is 0 Å². The summed E-state index contributed by atoms with van der Waals surface area (Å²) in [6.45, 7) is 0. The van der Waals surface area contributed by atoms with Gasteiger partial charge in [0.05, 0.1) is 10.5 Å². The molecule has 0 fully saturated rings. The summed E-state index contributed by atoms with van der Waals surface area (Å²) in [5.74, 6) is 0. The van der Waals surface area contributed by atoms with Gasteiger partial charge in [0.25, 0.3) is 5.69 Å². The summed E-state index contributed by atoms with van der Waals surface area (Å²) in [6.07, 6.45) is 1.13. The molecule has 0 atom stereocenters. The number of nitrogens with one attached hydrogen (secondary N) is 1. The summed E-state index contributed by atoms with van der Waals surface area (Å²) >= 11 is 3.30. The Morgan fingerprint density at radius 2 is 2.00 bits per heavy atom. The highest BCUT2D eigenvalue weighted by Gasteiger charge is 2.16. The number of rotatable bonds is 3. The predicted molar refractivity (Wildman–Crippen MR) is 78.5 cm³/mol. The minimum Gasteiger partial charge on any atom is -0.398 e. The van der Waals surface area contributed by atoms with E-state index in [1.807, 2.05) is 0 Å². The first-order chi connectivity index (χ1) is 9.02. The molecule has 5 nitrogen and oxygen atoms in total. The Labute approximate surface area is 117 Å². The van der Waals surface area contributed by atoms with Crippen molar-refractivity contribution in [3.63, 3.8) is 0 Å². The summed E-state index contributed by atoms with van der Waals surface area (Å²) < 4.78 is 0.751. The first-order valence-electron chi connectivity index (χ1n) is 5.37. The van der Waals surface area contributed by atoms with Crippen LogP contribution in [0.5, 0.6) is 0 Å². The van der Waals surface area contributed by atoms with Crippen molar-refractivity contribution in [2.24, 2.45) is 0 Å². The van der Waals surface area contributed by atoms with E-state index in [1.54, 1.807) is 30.3 Å². The van der Waals surface area contributed by atoms with Gasteiger partial charge in [0.1, 0.15) is 0 Å². The van der Waals surface area contributed by atoms with Gasteiger partial charge in [-0.2, -0.15) is 0 Å². The number of nitrogens with zero attached hydrogens (tertiary/aromatic N) is 1. The number of anilines is 1. The standard InChI is InChI=1S/C13H10BrN3O2/c14-10-2-4-13(17(18)19)11(6-10)8-1-3-12(16)9(5-8)7-15/h1-7,15H,16H2. The van der Waals surface area contributed by atoms with E-state index in [0.29, 0.717) is 22.4 Å². The molecule has 0 unspecified atom stereocenters. The molecule has 0 bridgehead atoms. The highest BCUT2D eigenvalue weighted by atomic mass is 79.9. The summed E-state index contributed by atoms with van der Waals surface area (Å²) in [5, 5.41) is 18.3. The van der Waals surface area contributed by atoms with Crippen molar-refractivity contribution in [3.8, 4) is 11.1 Å². The van der Waals surface area contributed by atoms with Crippen LogP contribution in [-0.2, 0) is 0 Å². The summed E-state index contributed by atoms with van der Waals surface area (Å²) in [4.78, 5) is 10.6. The van der Waals surface area contributed by atoms with Crippen molar-refractivity contribution in [2.45, 2.75) is 0 Å². The van der Waals surface area contributed by atoms with Crippen LogP contribution in [0.15, 0.2) is 40.9 Å². The maximum Gasteiger partial charge on any atom is 0.277 e.